The first-order chi connectivity index (χ1) is 8.22. The average molecular weight is 264 g/mol. The Hall–Kier alpha value is -0.643. The fraction of sp³-hybridized carbons (Fsp3) is 0.600. The summed E-state index contributed by atoms with van der Waals surface area (Å²) in [6.45, 7) is 11.3. The quantitative estimate of drug-likeness (QED) is 0.605. The average Bonchev–Trinajstić information content (AvgIpc) is 2.24. The van der Waals surface area contributed by atoms with Crippen molar-refractivity contribution in [3.63, 3.8) is 0 Å². The number of fused-ring (bicyclic) bond motifs is 1. The molecule has 0 amide bonds. The Morgan fingerprint density at radius 2 is 1.78 bits per heavy atom. The molecule has 0 N–H and O–H groups in total. The lowest BCUT2D eigenvalue weighted by atomic mass is 9.82. The molecule has 0 radical (unpaired) electrons. The molecule has 18 heavy (non-hydrogen) atoms. The van der Waals surface area contributed by atoms with Gasteiger partial charge in [0.25, 0.3) is 0 Å². The van der Waals surface area contributed by atoms with E-state index >= 15 is 0 Å². The molecule has 1 atom stereocenters. The predicted octanol–water partition coefficient (Wildman–Crippen LogP) is 4.06. The second-order valence-corrected chi connectivity index (χ2v) is 11.4. The zero-order valence-electron chi connectivity index (χ0n) is 12.3. The van der Waals surface area contributed by atoms with Gasteiger partial charge >= 0.3 is 0 Å². The van der Waals surface area contributed by atoms with Crippen molar-refractivity contribution in [3.8, 4) is 0 Å². The molecule has 0 heterocycles. The zero-order valence-corrected chi connectivity index (χ0v) is 13.3. The first-order valence-corrected chi connectivity index (χ1v) is 9.46. The van der Waals surface area contributed by atoms with Crippen LogP contribution in [0.25, 0.3) is 0 Å². The lowest BCUT2D eigenvalue weighted by Gasteiger charge is -2.50. The van der Waals surface area contributed by atoms with Gasteiger partial charge in [0.1, 0.15) is 0 Å². The van der Waals surface area contributed by atoms with Crippen LogP contribution in [0.5, 0.6) is 0 Å². The van der Waals surface area contributed by atoms with Gasteiger partial charge in [-0.15, -0.1) is 0 Å². The van der Waals surface area contributed by atoms with Crippen molar-refractivity contribution < 1.29 is 9.16 Å². The van der Waals surface area contributed by atoms with E-state index in [1.165, 1.54) is 11.1 Å². The van der Waals surface area contributed by atoms with Gasteiger partial charge in [-0.05, 0) is 23.7 Å². The predicted molar refractivity (Wildman–Crippen MR) is 77.1 cm³/mol. The maximum Gasteiger partial charge on any atom is 0.196 e. The van der Waals surface area contributed by atoms with Crippen LogP contribution in [-0.2, 0) is 21.4 Å². The highest BCUT2D eigenvalue weighted by Crippen LogP contribution is 2.48. The Morgan fingerprint density at radius 1 is 1.17 bits per heavy atom. The van der Waals surface area contributed by atoms with Crippen LogP contribution < -0.4 is 0 Å². The van der Waals surface area contributed by atoms with Crippen molar-refractivity contribution in [1.29, 1.82) is 0 Å². The largest absolute Gasteiger partial charge is 0.386 e. The van der Waals surface area contributed by atoms with Gasteiger partial charge in [0.05, 0.1) is 0 Å². The molecule has 1 aromatic carbocycles. The van der Waals surface area contributed by atoms with Crippen molar-refractivity contribution in [2.45, 2.75) is 51.1 Å². The maximum atomic E-state index is 6.52. The Bertz CT molecular complexity index is 448. The second-order valence-electron chi connectivity index (χ2n) is 6.65. The van der Waals surface area contributed by atoms with E-state index in [1.807, 2.05) is 0 Å². The summed E-state index contributed by atoms with van der Waals surface area (Å²) in [6, 6.07) is 8.41. The Kier molecular flexibility index (Phi) is 3.20. The van der Waals surface area contributed by atoms with Crippen LogP contribution in [0, 0.1) is 0 Å². The smallest absolute Gasteiger partial charge is 0.196 e. The highest BCUT2D eigenvalue weighted by atomic mass is 28.4. The molecule has 1 aromatic rings. The molecule has 1 unspecified atom stereocenters. The molecule has 0 saturated heterocycles. The van der Waals surface area contributed by atoms with E-state index < -0.39 is 14.1 Å². The third kappa shape index (κ3) is 2.04. The highest BCUT2D eigenvalue weighted by molar-refractivity contribution is 6.74. The molecule has 1 aliphatic rings. The first kappa shape index (κ1) is 13.8. The van der Waals surface area contributed by atoms with Gasteiger partial charge in [-0.1, -0.05) is 45.0 Å². The standard InChI is InChI=1S/C15H24O2Si/c1-14(2,3)18(5,6)17-15(16-4)11-12-9-7-8-10-13(12)15/h7-10H,11H2,1-6H3. The second kappa shape index (κ2) is 4.19. The number of methoxy groups -OCH3 is 1. The SMILES string of the molecule is COC1(O[Si](C)(C)C(C)(C)C)Cc2ccccc21. The number of benzene rings is 1. The molecule has 0 aliphatic heterocycles. The van der Waals surface area contributed by atoms with Gasteiger partial charge in [0.2, 0.25) is 0 Å². The first-order valence-electron chi connectivity index (χ1n) is 6.56. The van der Waals surface area contributed by atoms with Crippen LogP contribution in [0.3, 0.4) is 0 Å². The molecule has 0 bridgehead atoms. The van der Waals surface area contributed by atoms with E-state index in [-0.39, 0.29) is 5.04 Å². The van der Waals surface area contributed by atoms with Gasteiger partial charge < -0.3 is 9.16 Å². The van der Waals surface area contributed by atoms with Crippen LogP contribution in [0.15, 0.2) is 24.3 Å². The Labute approximate surface area is 111 Å². The molecule has 0 saturated carbocycles. The summed E-state index contributed by atoms with van der Waals surface area (Å²) in [7, 11) is -0.0714. The van der Waals surface area contributed by atoms with Gasteiger partial charge in [-0.3, -0.25) is 0 Å². The fourth-order valence-corrected chi connectivity index (χ4v) is 3.56. The van der Waals surface area contributed by atoms with Gasteiger partial charge in [0.15, 0.2) is 14.1 Å². The summed E-state index contributed by atoms with van der Waals surface area (Å²) >= 11 is 0. The number of hydrogen-bond acceptors (Lipinski definition) is 2. The summed E-state index contributed by atoms with van der Waals surface area (Å²) in [5, 5.41) is 0.197. The third-order valence-corrected chi connectivity index (χ3v) is 8.86. The van der Waals surface area contributed by atoms with Crippen LogP contribution >= 0.6 is 0 Å². The lowest BCUT2D eigenvalue weighted by molar-refractivity contribution is -0.197. The van der Waals surface area contributed by atoms with Gasteiger partial charge in [-0.25, -0.2) is 0 Å². The summed E-state index contributed by atoms with van der Waals surface area (Å²) in [5.74, 6) is -0.500. The summed E-state index contributed by atoms with van der Waals surface area (Å²) in [4.78, 5) is 0. The minimum absolute atomic E-state index is 0.197. The van der Waals surface area contributed by atoms with E-state index in [4.69, 9.17) is 9.16 Å². The monoisotopic (exact) mass is 264 g/mol. The van der Waals surface area contributed by atoms with Gasteiger partial charge in [0, 0.05) is 19.1 Å². The molecule has 100 valence electrons. The Morgan fingerprint density at radius 3 is 2.28 bits per heavy atom. The lowest BCUT2D eigenvalue weighted by Crippen LogP contribution is -2.54. The van der Waals surface area contributed by atoms with E-state index in [9.17, 15) is 0 Å². The van der Waals surface area contributed by atoms with E-state index in [2.05, 4.69) is 58.1 Å². The minimum Gasteiger partial charge on any atom is -0.386 e. The molecule has 2 rings (SSSR count). The highest BCUT2D eigenvalue weighted by Gasteiger charge is 2.51. The van der Waals surface area contributed by atoms with Crippen LogP contribution in [0.4, 0.5) is 0 Å². The molecular formula is C15H24O2Si. The topological polar surface area (TPSA) is 18.5 Å². The van der Waals surface area contributed by atoms with E-state index in [0.717, 1.165) is 6.42 Å². The van der Waals surface area contributed by atoms with Crippen LogP contribution in [0.1, 0.15) is 31.9 Å². The van der Waals surface area contributed by atoms with Crippen molar-refractivity contribution in [2.75, 3.05) is 7.11 Å². The van der Waals surface area contributed by atoms with Crippen LogP contribution in [-0.4, -0.2) is 15.4 Å². The van der Waals surface area contributed by atoms with E-state index in [0.29, 0.717) is 0 Å². The van der Waals surface area contributed by atoms with Crippen molar-refractivity contribution in [1.82, 2.24) is 0 Å². The third-order valence-electron chi connectivity index (χ3n) is 4.41. The number of hydrogen-bond donors (Lipinski definition) is 0. The molecular weight excluding hydrogens is 240 g/mol. The number of rotatable bonds is 3. The van der Waals surface area contributed by atoms with Crippen molar-refractivity contribution >= 4 is 8.32 Å². The van der Waals surface area contributed by atoms with Crippen molar-refractivity contribution in [2.24, 2.45) is 0 Å². The minimum atomic E-state index is -1.82. The summed E-state index contributed by atoms with van der Waals surface area (Å²) in [5.41, 5.74) is 2.55. The molecule has 0 spiro atoms. The normalized spacial score (nSPS) is 23.4. The zero-order chi connectivity index (χ0) is 13.6. The molecule has 2 nitrogen and oxygen atoms in total. The molecule has 3 heteroatoms. The van der Waals surface area contributed by atoms with Crippen molar-refractivity contribution in [3.05, 3.63) is 35.4 Å². The molecule has 1 aliphatic carbocycles. The number of ether oxygens (including phenoxy) is 1. The van der Waals surface area contributed by atoms with Gasteiger partial charge in [-0.2, -0.15) is 0 Å². The molecule has 0 fully saturated rings. The van der Waals surface area contributed by atoms with E-state index in [1.54, 1.807) is 7.11 Å². The fourth-order valence-electron chi connectivity index (χ4n) is 2.17. The summed E-state index contributed by atoms with van der Waals surface area (Å²) < 4.78 is 12.3. The maximum absolute atomic E-state index is 6.52. The summed E-state index contributed by atoms with van der Waals surface area (Å²) in [6.07, 6.45) is 0.867. The van der Waals surface area contributed by atoms with Crippen LogP contribution in [0.2, 0.25) is 18.1 Å². The Balaban J connectivity index is 2.29. The molecule has 0 aromatic heterocycles.